The topological polar surface area (TPSA) is 55.0 Å². The van der Waals surface area contributed by atoms with Crippen LogP contribution in [0.3, 0.4) is 0 Å². The zero-order chi connectivity index (χ0) is 12.4. The van der Waals surface area contributed by atoms with Crippen molar-refractivity contribution >= 4 is 5.82 Å². The molecule has 3 rings (SSSR count). The van der Waals surface area contributed by atoms with Gasteiger partial charge in [-0.05, 0) is 38.5 Å². The molecule has 2 heterocycles. The molecule has 1 aliphatic heterocycles. The van der Waals surface area contributed by atoms with Crippen LogP contribution in [0, 0.1) is 0 Å². The summed E-state index contributed by atoms with van der Waals surface area (Å²) >= 11 is 0. The van der Waals surface area contributed by atoms with Gasteiger partial charge in [0, 0.05) is 30.4 Å². The van der Waals surface area contributed by atoms with Gasteiger partial charge in [-0.3, -0.25) is 0 Å². The maximum atomic E-state index is 6.08. The highest BCUT2D eigenvalue weighted by Gasteiger charge is 2.22. The minimum absolute atomic E-state index is 0.301. The van der Waals surface area contributed by atoms with E-state index in [0.29, 0.717) is 6.04 Å². The van der Waals surface area contributed by atoms with E-state index in [1.54, 1.807) is 6.33 Å². The van der Waals surface area contributed by atoms with E-state index in [-0.39, 0.29) is 0 Å². The van der Waals surface area contributed by atoms with Crippen LogP contribution in [-0.2, 0) is 12.8 Å². The Hall–Kier alpha value is -1.16. The predicted molar refractivity (Wildman–Crippen MR) is 72.7 cm³/mol. The molecule has 4 heteroatoms. The Balaban J connectivity index is 1.91. The fourth-order valence-electron chi connectivity index (χ4n) is 3.16. The highest BCUT2D eigenvalue weighted by molar-refractivity contribution is 5.49. The first-order chi connectivity index (χ1) is 8.84. The van der Waals surface area contributed by atoms with E-state index >= 15 is 0 Å². The van der Waals surface area contributed by atoms with Crippen LogP contribution in [-0.4, -0.2) is 29.1 Å². The van der Waals surface area contributed by atoms with Gasteiger partial charge in [0.1, 0.15) is 12.1 Å². The fourth-order valence-corrected chi connectivity index (χ4v) is 3.16. The van der Waals surface area contributed by atoms with Crippen molar-refractivity contribution < 1.29 is 0 Å². The quantitative estimate of drug-likeness (QED) is 0.766. The minimum Gasteiger partial charge on any atom is -0.355 e. The molecule has 0 aromatic carbocycles. The number of anilines is 1. The van der Waals surface area contributed by atoms with Gasteiger partial charge in [0.25, 0.3) is 0 Å². The van der Waals surface area contributed by atoms with Crippen LogP contribution >= 0.6 is 0 Å². The van der Waals surface area contributed by atoms with Crippen LogP contribution in [0.1, 0.15) is 43.4 Å². The Morgan fingerprint density at radius 2 is 2.00 bits per heavy atom. The van der Waals surface area contributed by atoms with E-state index in [1.807, 2.05) is 0 Å². The molecule has 2 aliphatic rings. The summed E-state index contributed by atoms with van der Waals surface area (Å²) in [6.07, 6.45) is 10.2. The molecule has 0 bridgehead atoms. The summed E-state index contributed by atoms with van der Waals surface area (Å²) in [6.45, 7) is 2.04. The minimum atomic E-state index is 0.301. The number of piperidine rings is 1. The molecule has 1 aliphatic carbocycles. The van der Waals surface area contributed by atoms with E-state index in [9.17, 15) is 0 Å². The normalized spacial score (nSPS) is 24.5. The number of aromatic nitrogens is 2. The lowest BCUT2D eigenvalue weighted by Crippen LogP contribution is -2.43. The van der Waals surface area contributed by atoms with E-state index in [4.69, 9.17) is 5.73 Å². The number of nitrogens with two attached hydrogens (primary N) is 1. The van der Waals surface area contributed by atoms with Gasteiger partial charge in [-0.15, -0.1) is 0 Å². The second-order valence-electron chi connectivity index (χ2n) is 5.53. The Kier molecular flexibility index (Phi) is 3.46. The van der Waals surface area contributed by atoms with Crippen molar-refractivity contribution in [1.82, 2.24) is 9.97 Å². The van der Waals surface area contributed by atoms with E-state index < -0.39 is 0 Å². The maximum absolute atomic E-state index is 6.08. The largest absolute Gasteiger partial charge is 0.355 e. The van der Waals surface area contributed by atoms with Gasteiger partial charge in [-0.25, -0.2) is 9.97 Å². The van der Waals surface area contributed by atoms with Gasteiger partial charge in [-0.2, -0.15) is 0 Å². The molecule has 0 spiro atoms. The summed E-state index contributed by atoms with van der Waals surface area (Å²) in [4.78, 5) is 11.4. The van der Waals surface area contributed by atoms with Crippen LogP contribution in [0.5, 0.6) is 0 Å². The van der Waals surface area contributed by atoms with E-state index in [0.717, 1.165) is 38.2 Å². The molecule has 1 unspecified atom stereocenters. The molecular formula is C14H22N4. The first-order valence-electron chi connectivity index (χ1n) is 7.18. The third-order valence-electron chi connectivity index (χ3n) is 4.11. The monoisotopic (exact) mass is 246 g/mol. The molecule has 0 amide bonds. The van der Waals surface area contributed by atoms with E-state index in [1.165, 1.54) is 36.9 Å². The summed E-state index contributed by atoms with van der Waals surface area (Å²) in [5, 5.41) is 0. The summed E-state index contributed by atoms with van der Waals surface area (Å²) in [7, 11) is 0. The molecule has 1 saturated heterocycles. The summed E-state index contributed by atoms with van der Waals surface area (Å²) < 4.78 is 0. The number of fused-ring (bicyclic) bond motifs is 1. The van der Waals surface area contributed by atoms with Crippen LogP contribution in [0.15, 0.2) is 6.33 Å². The lowest BCUT2D eigenvalue weighted by molar-refractivity contribution is 0.501. The highest BCUT2D eigenvalue weighted by atomic mass is 15.2. The van der Waals surface area contributed by atoms with Crippen molar-refractivity contribution in [2.24, 2.45) is 5.73 Å². The highest BCUT2D eigenvalue weighted by Crippen LogP contribution is 2.28. The summed E-state index contributed by atoms with van der Waals surface area (Å²) in [6, 6.07) is 0.301. The molecule has 1 fully saturated rings. The summed E-state index contributed by atoms with van der Waals surface area (Å²) in [5.41, 5.74) is 8.75. The average molecular weight is 246 g/mol. The number of aryl methyl sites for hydroxylation is 1. The average Bonchev–Trinajstić information content (AvgIpc) is 2.63. The fraction of sp³-hybridized carbons (Fsp3) is 0.714. The molecule has 4 nitrogen and oxygen atoms in total. The smallest absolute Gasteiger partial charge is 0.135 e. The SMILES string of the molecule is NC1CCCN(c2ncnc3c2CCCCC3)C1. The molecular weight excluding hydrogens is 224 g/mol. The Morgan fingerprint density at radius 3 is 2.89 bits per heavy atom. The van der Waals surface area contributed by atoms with Crippen molar-refractivity contribution in [1.29, 1.82) is 0 Å². The van der Waals surface area contributed by atoms with Crippen LogP contribution in [0.2, 0.25) is 0 Å². The number of rotatable bonds is 1. The first kappa shape index (κ1) is 11.9. The number of hydrogen-bond donors (Lipinski definition) is 1. The molecule has 0 saturated carbocycles. The Morgan fingerprint density at radius 1 is 1.11 bits per heavy atom. The van der Waals surface area contributed by atoms with Crippen LogP contribution in [0.4, 0.5) is 5.82 Å². The van der Waals surface area contributed by atoms with Gasteiger partial charge < -0.3 is 10.6 Å². The van der Waals surface area contributed by atoms with Crippen molar-refractivity contribution in [3.8, 4) is 0 Å². The van der Waals surface area contributed by atoms with Crippen molar-refractivity contribution in [3.05, 3.63) is 17.6 Å². The molecule has 2 N–H and O–H groups in total. The van der Waals surface area contributed by atoms with Gasteiger partial charge in [0.15, 0.2) is 0 Å². The molecule has 1 aromatic heterocycles. The maximum Gasteiger partial charge on any atom is 0.135 e. The lowest BCUT2D eigenvalue weighted by Gasteiger charge is -2.33. The standard InChI is InChI=1S/C14H22N4/c15-11-5-4-8-18(9-11)14-12-6-2-1-3-7-13(12)16-10-17-14/h10-11H,1-9,15H2. The predicted octanol–water partition coefficient (Wildman–Crippen LogP) is 1.67. The van der Waals surface area contributed by atoms with Crippen LogP contribution < -0.4 is 10.6 Å². The van der Waals surface area contributed by atoms with E-state index in [2.05, 4.69) is 14.9 Å². The number of nitrogens with zero attached hydrogens (tertiary/aromatic N) is 3. The first-order valence-corrected chi connectivity index (χ1v) is 7.18. The van der Waals surface area contributed by atoms with Crippen LogP contribution in [0.25, 0.3) is 0 Å². The molecule has 0 radical (unpaired) electrons. The van der Waals surface area contributed by atoms with Crippen molar-refractivity contribution in [2.45, 2.75) is 51.0 Å². The van der Waals surface area contributed by atoms with Gasteiger partial charge in [0.2, 0.25) is 0 Å². The molecule has 1 atom stereocenters. The Bertz CT molecular complexity index is 418. The number of hydrogen-bond acceptors (Lipinski definition) is 4. The third-order valence-corrected chi connectivity index (χ3v) is 4.11. The third kappa shape index (κ3) is 2.34. The lowest BCUT2D eigenvalue weighted by atomic mass is 10.0. The van der Waals surface area contributed by atoms with Gasteiger partial charge >= 0.3 is 0 Å². The molecule has 18 heavy (non-hydrogen) atoms. The van der Waals surface area contributed by atoms with Crippen molar-refractivity contribution in [3.63, 3.8) is 0 Å². The second-order valence-corrected chi connectivity index (χ2v) is 5.53. The molecule has 1 aromatic rings. The van der Waals surface area contributed by atoms with Gasteiger partial charge in [0.05, 0.1) is 0 Å². The zero-order valence-corrected chi connectivity index (χ0v) is 10.9. The molecule has 98 valence electrons. The summed E-state index contributed by atoms with van der Waals surface area (Å²) in [5.74, 6) is 1.16. The zero-order valence-electron chi connectivity index (χ0n) is 10.9. The van der Waals surface area contributed by atoms with Crippen molar-refractivity contribution in [2.75, 3.05) is 18.0 Å². The second kappa shape index (κ2) is 5.22. The Labute approximate surface area is 109 Å². The van der Waals surface area contributed by atoms with Gasteiger partial charge in [-0.1, -0.05) is 6.42 Å².